The first kappa shape index (κ1) is 18.0. The number of nitrogens with zero attached hydrogens (tertiary/aromatic N) is 1. The Kier molecular flexibility index (Phi) is 5.87. The van der Waals surface area contributed by atoms with Gasteiger partial charge in [0.15, 0.2) is 5.76 Å². The van der Waals surface area contributed by atoms with Gasteiger partial charge >= 0.3 is 0 Å². The molecule has 1 aromatic heterocycles. The van der Waals surface area contributed by atoms with Crippen molar-refractivity contribution in [2.45, 2.75) is 26.1 Å². The minimum atomic E-state index is -0.196. The molecule has 3 aromatic rings. The summed E-state index contributed by atoms with van der Waals surface area (Å²) in [6.45, 7) is 3.44. The molecule has 0 aliphatic carbocycles. The fourth-order valence-corrected chi connectivity index (χ4v) is 2.89. The zero-order chi connectivity index (χ0) is 18.4. The molecule has 4 heteroatoms. The van der Waals surface area contributed by atoms with E-state index in [9.17, 15) is 4.79 Å². The van der Waals surface area contributed by atoms with E-state index in [-0.39, 0.29) is 11.9 Å². The van der Waals surface area contributed by atoms with Crippen molar-refractivity contribution >= 4 is 5.91 Å². The first-order valence-corrected chi connectivity index (χ1v) is 8.79. The Morgan fingerprint density at radius 3 is 2.31 bits per heavy atom. The van der Waals surface area contributed by atoms with Crippen LogP contribution in [0.5, 0.6) is 0 Å². The monoisotopic (exact) mass is 348 g/mol. The van der Waals surface area contributed by atoms with Crippen LogP contribution in [0.4, 0.5) is 0 Å². The Labute approximate surface area is 154 Å². The predicted molar refractivity (Wildman–Crippen MR) is 103 cm³/mol. The maximum atomic E-state index is 12.4. The molecule has 0 bridgehead atoms. The average molecular weight is 348 g/mol. The SMILES string of the molecule is CC(NC(=O)c1ccc(CN(C)Cc2ccccc2)o1)c1ccccc1. The van der Waals surface area contributed by atoms with Crippen molar-refractivity contribution in [2.24, 2.45) is 0 Å². The standard InChI is InChI=1S/C22H24N2O2/c1-17(19-11-7-4-8-12-19)23-22(25)21-14-13-20(26-21)16-24(2)15-18-9-5-3-6-10-18/h3-14,17H,15-16H2,1-2H3,(H,23,25). The summed E-state index contributed by atoms with van der Waals surface area (Å²) < 4.78 is 5.74. The fourth-order valence-electron chi connectivity index (χ4n) is 2.89. The van der Waals surface area contributed by atoms with E-state index in [0.29, 0.717) is 12.3 Å². The number of carbonyl (C=O) groups excluding carboxylic acids is 1. The molecule has 0 saturated heterocycles. The van der Waals surface area contributed by atoms with Crippen molar-refractivity contribution in [2.75, 3.05) is 7.05 Å². The predicted octanol–water partition coefficient (Wildman–Crippen LogP) is 4.40. The second-order valence-corrected chi connectivity index (χ2v) is 6.53. The molecule has 2 aromatic carbocycles. The number of furan rings is 1. The van der Waals surface area contributed by atoms with Gasteiger partial charge in [0.1, 0.15) is 5.76 Å². The molecule has 1 heterocycles. The molecule has 1 unspecified atom stereocenters. The van der Waals surface area contributed by atoms with Crippen molar-refractivity contribution in [3.63, 3.8) is 0 Å². The van der Waals surface area contributed by atoms with E-state index in [1.54, 1.807) is 6.07 Å². The molecule has 0 fully saturated rings. The highest BCUT2D eigenvalue weighted by Crippen LogP contribution is 2.15. The lowest BCUT2D eigenvalue weighted by Crippen LogP contribution is -2.26. The van der Waals surface area contributed by atoms with Gasteiger partial charge in [-0.3, -0.25) is 9.69 Å². The molecule has 0 aliphatic heterocycles. The minimum absolute atomic E-state index is 0.0713. The Hall–Kier alpha value is -2.85. The summed E-state index contributed by atoms with van der Waals surface area (Å²) in [6, 6.07) is 23.7. The van der Waals surface area contributed by atoms with Gasteiger partial charge in [-0.05, 0) is 37.2 Å². The lowest BCUT2D eigenvalue weighted by Gasteiger charge is -2.15. The number of amides is 1. The molecule has 1 N–H and O–H groups in total. The molecular weight excluding hydrogens is 324 g/mol. The summed E-state index contributed by atoms with van der Waals surface area (Å²) in [5, 5.41) is 2.97. The van der Waals surface area contributed by atoms with E-state index in [4.69, 9.17) is 4.42 Å². The van der Waals surface area contributed by atoms with Crippen LogP contribution < -0.4 is 5.32 Å². The van der Waals surface area contributed by atoms with Gasteiger partial charge in [-0.15, -0.1) is 0 Å². The van der Waals surface area contributed by atoms with Crippen LogP contribution >= 0.6 is 0 Å². The normalized spacial score (nSPS) is 12.1. The molecule has 0 saturated carbocycles. The third kappa shape index (κ3) is 4.83. The van der Waals surface area contributed by atoms with Gasteiger partial charge < -0.3 is 9.73 Å². The van der Waals surface area contributed by atoms with E-state index >= 15 is 0 Å². The van der Waals surface area contributed by atoms with Gasteiger partial charge in [-0.2, -0.15) is 0 Å². The molecule has 3 rings (SSSR count). The molecule has 1 amide bonds. The third-order valence-corrected chi connectivity index (χ3v) is 4.25. The van der Waals surface area contributed by atoms with E-state index in [0.717, 1.165) is 17.9 Å². The van der Waals surface area contributed by atoms with E-state index < -0.39 is 0 Å². The molecule has 26 heavy (non-hydrogen) atoms. The van der Waals surface area contributed by atoms with E-state index in [1.165, 1.54) is 5.56 Å². The highest BCUT2D eigenvalue weighted by atomic mass is 16.4. The highest BCUT2D eigenvalue weighted by molar-refractivity contribution is 5.91. The minimum Gasteiger partial charge on any atom is -0.455 e. The Bertz CT molecular complexity index is 828. The van der Waals surface area contributed by atoms with Crippen molar-refractivity contribution in [3.8, 4) is 0 Å². The zero-order valence-electron chi connectivity index (χ0n) is 15.2. The summed E-state index contributed by atoms with van der Waals surface area (Å²) in [6.07, 6.45) is 0. The highest BCUT2D eigenvalue weighted by Gasteiger charge is 2.15. The summed E-state index contributed by atoms with van der Waals surface area (Å²) in [5.74, 6) is 0.926. The summed E-state index contributed by atoms with van der Waals surface area (Å²) >= 11 is 0. The van der Waals surface area contributed by atoms with E-state index in [1.807, 2.05) is 68.6 Å². The molecule has 1 atom stereocenters. The van der Waals surface area contributed by atoms with Crippen LogP contribution in [0.25, 0.3) is 0 Å². The Morgan fingerprint density at radius 1 is 0.962 bits per heavy atom. The molecule has 0 aliphatic rings. The van der Waals surface area contributed by atoms with Crippen LogP contribution in [0.1, 0.15) is 40.4 Å². The number of carbonyl (C=O) groups is 1. The first-order chi connectivity index (χ1) is 12.6. The van der Waals surface area contributed by atoms with Gasteiger partial charge in [0.25, 0.3) is 5.91 Å². The van der Waals surface area contributed by atoms with Crippen LogP contribution in [-0.4, -0.2) is 17.9 Å². The summed E-state index contributed by atoms with van der Waals surface area (Å²) in [5.41, 5.74) is 2.31. The van der Waals surface area contributed by atoms with Gasteiger partial charge in [-0.1, -0.05) is 60.7 Å². The lowest BCUT2D eigenvalue weighted by atomic mass is 10.1. The van der Waals surface area contributed by atoms with Crippen LogP contribution in [0.15, 0.2) is 77.2 Å². The number of hydrogen-bond acceptors (Lipinski definition) is 3. The molecule has 4 nitrogen and oxygen atoms in total. The second kappa shape index (κ2) is 8.50. The number of rotatable bonds is 7. The van der Waals surface area contributed by atoms with Crippen LogP contribution in [0.2, 0.25) is 0 Å². The van der Waals surface area contributed by atoms with Crippen molar-refractivity contribution in [1.82, 2.24) is 10.2 Å². The maximum Gasteiger partial charge on any atom is 0.287 e. The van der Waals surface area contributed by atoms with Gasteiger partial charge in [-0.25, -0.2) is 0 Å². The molecular formula is C22H24N2O2. The maximum absolute atomic E-state index is 12.4. The summed E-state index contributed by atoms with van der Waals surface area (Å²) in [7, 11) is 2.03. The van der Waals surface area contributed by atoms with Gasteiger partial charge in [0, 0.05) is 6.54 Å². The quantitative estimate of drug-likeness (QED) is 0.688. The fraction of sp³-hybridized carbons (Fsp3) is 0.227. The van der Waals surface area contributed by atoms with Crippen LogP contribution in [0.3, 0.4) is 0 Å². The zero-order valence-corrected chi connectivity index (χ0v) is 15.2. The third-order valence-electron chi connectivity index (χ3n) is 4.25. The van der Waals surface area contributed by atoms with E-state index in [2.05, 4.69) is 22.3 Å². The lowest BCUT2D eigenvalue weighted by molar-refractivity contribution is 0.0908. The molecule has 0 spiro atoms. The Balaban J connectivity index is 1.56. The van der Waals surface area contributed by atoms with Gasteiger partial charge in [0.05, 0.1) is 12.6 Å². The number of benzene rings is 2. The summed E-state index contributed by atoms with van der Waals surface area (Å²) in [4.78, 5) is 14.6. The number of nitrogens with one attached hydrogen (secondary N) is 1. The largest absolute Gasteiger partial charge is 0.455 e. The van der Waals surface area contributed by atoms with Crippen LogP contribution in [-0.2, 0) is 13.1 Å². The molecule has 134 valence electrons. The smallest absolute Gasteiger partial charge is 0.287 e. The van der Waals surface area contributed by atoms with Crippen LogP contribution in [0, 0.1) is 0 Å². The van der Waals surface area contributed by atoms with Crippen molar-refractivity contribution < 1.29 is 9.21 Å². The van der Waals surface area contributed by atoms with Crippen molar-refractivity contribution in [1.29, 1.82) is 0 Å². The topological polar surface area (TPSA) is 45.5 Å². The Morgan fingerprint density at radius 2 is 1.62 bits per heavy atom. The first-order valence-electron chi connectivity index (χ1n) is 8.79. The number of hydrogen-bond donors (Lipinski definition) is 1. The average Bonchev–Trinajstić information content (AvgIpc) is 3.11. The second-order valence-electron chi connectivity index (χ2n) is 6.53. The van der Waals surface area contributed by atoms with Gasteiger partial charge in [0.2, 0.25) is 0 Å². The molecule has 0 radical (unpaired) electrons. The van der Waals surface area contributed by atoms with Crippen molar-refractivity contribution in [3.05, 3.63) is 95.4 Å².